The summed E-state index contributed by atoms with van der Waals surface area (Å²) in [5, 5.41) is 18.1. The van der Waals surface area contributed by atoms with Crippen molar-refractivity contribution in [3.05, 3.63) is 69.3 Å². The Morgan fingerprint density at radius 2 is 1.84 bits per heavy atom. The fourth-order valence-corrected chi connectivity index (χ4v) is 5.66. The molecule has 0 bridgehead atoms. The highest BCUT2D eigenvalue weighted by molar-refractivity contribution is 6.37. The number of para-hydroxylation sites is 1. The van der Waals surface area contributed by atoms with Crippen LogP contribution in [-0.2, 0) is 0 Å². The molecule has 1 heterocycles. The zero-order valence-corrected chi connectivity index (χ0v) is 19.8. The van der Waals surface area contributed by atoms with Crippen molar-refractivity contribution in [1.29, 1.82) is 0 Å². The van der Waals surface area contributed by atoms with Crippen LogP contribution in [0.2, 0.25) is 10.0 Å². The number of fused-ring (bicyclic) bond motifs is 1. The number of phenolic OH excluding ortho intramolecular Hbond substituents is 1. The molecule has 4 nitrogen and oxygen atoms in total. The highest BCUT2D eigenvalue weighted by Crippen LogP contribution is 2.43. The molecule has 0 radical (unpaired) electrons. The fourth-order valence-electron chi connectivity index (χ4n) is 5.15. The third kappa shape index (κ3) is 5.04. The standard InChI is InChI=1S/C25H31Cl2N3O/c1-15-10-24(18-6-4-5-7-22(18)28-15)29-23-9-8-16(14-30(2)3)11-19(23)17-12-20(26)25(31)21(27)13-17/h4-7,10,12-13,16,19,23-24,28-29,31H,8-9,11,14H2,1-3H3/t16-,19?,23-,24?/m1/s1. The zero-order chi connectivity index (χ0) is 22.1. The molecule has 0 amide bonds. The highest BCUT2D eigenvalue weighted by atomic mass is 35.5. The van der Waals surface area contributed by atoms with Crippen molar-refractivity contribution in [2.75, 3.05) is 26.0 Å². The van der Waals surface area contributed by atoms with Crippen LogP contribution in [0.15, 0.2) is 48.2 Å². The average Bonchev–Trinajstić information content (AvgIpc) is 2.72. The van der Waals surface area contributed by atoms with Crippen molar-refractivity contribution >= 4 is 28.9 Å². The zero-order valence-electron chi connectivity index (χ0n) is 18.3. The largest absolute Gasteiger partial charge is 0.505 e. The first kappa shape index (κ1) is 22.5. The molecule has 1 fully saturated rings. The molecule has 31 heavy (non-hydrogen) atoms. The lowest BCUT2D eigenvalue weighted by Gasteiger charge is -2.40. The van der Waals surface area contributed by atoms with E-state index in [-0.39, 0.29) is 23.8 Å². The molecule has 1 aliphatic heterocycles. The molecule has 6 heteroatoms. The van der Waals surface area contributed by atoms with Gasteiger partial charge in [-0.2, -0.15) is 0 Å². The molecule has 4 rings (SSSR count). The summed E-state index contributed by atoms with van der Waals surface area (Å²) >= 11 is 12.6. The number of phenols is 1. The van der Waals surface area contributed by atoms with Crippen LogP contribution in [0.5, 0.6) is 5.75 Å². The quantitative estimate of drug-likeness (QED) is 0.499. The number of aromatic hydroxyl groups is 1. The number of benzene rings is 2. The van der Waals surface area contributed by atoms with Crippen LogP contribution in [0.25, 0.3) is 0 Å². The van der Waals surface area contributed by atoms with Crippen molar-refractivity contribution in [2.24, 2.45) is 5.92 Å². The van der Waals surface area contributed by atoms with Gasteiger partial charge in [-0.25, -0.2) is 0 Å². The first-order valence-electron chi connectivity index (χ1n) is 10.9. The van der Waals surface area contributed by atoms with Crippen molar-refractivity contribution in [2.45, 2.75) is 44.2 Å². The average molecular weight is 460 g/mol. The summed E-state index contributed by atoms with van der Waals surface area (Å²) in [6, 6.07) is 12.7. The minimum absolute atomic E-state index is 0.0388. The summed E-state index contributed by atoms with van der Waals surface area (Å²) in [5.41, 5.74) is 4.68. The molecule has 2 aliphatic rings. The smallest absolute Gasteiger partial charge is 0.152 e. The number of allylic oxidation sites excluding steroid dienone is 1. The van der Waals surface area contributed by atoms with Crippen LogP contribution in [0.3, 0.4) is 0 Å². The van der Waals surface area contributed by atoms with Crippen molar-refractivity contribution in [3.8, 4) is 5.75 Å². The molecule has 166 valence electrons. The van der Waals surface area contributed by atoms with Gasteiger partial charge in [0, 0.05) is 24.0 Å². The van der Waals surface area contributed by atoms with E-state index in [1.54, 1.807) is 0 Å². The van der Waals surface area contributed by atoms with Gasteiger partial charge in [0.05, 0.1) is 16.1 Å². The van der Waals surface area contributed by atoms with Crippen LogP contribution in [0, 0.1) is 5.92 Å². The van der Waals surface area contributed by atoms with Gasteiger partial charge in [-0.1, -0.05) is 41.4 Å². The Labute approximate surface area is 195 Å². The monoisotopic (exact) mass is 459 g/mol. The van der Waals surface area contributed by atoms with E-state index in [4.69, 9.17) is 23.2 Å². The van der Waals surface area contributed by atoms with Gasteiger partial charge in [0.2, 0.25) is 0 Å². The normalized spacial score (nSPS) is 25.7. The van der Waals surface area contributed by atoms with Crippen LogP contribution >= 0.6 is 23.2 Å². The second-order valence-corrected chi connectivity index (χ2v) is 10.0. The lowest BCUT2D eigenvalue weighted by Crippen LogP contribution is -2.43. The molecule has 2 unspecified atom stereocenters. The Hall–Kier alpha value is -1.72. The number of halogens is 2. The fraction of sp³-hybridized carbons (Fsp3) is 0.440. The molecule has 1 aliphatic carbocycles. The predicted molar refractivity (Wildman–Crippen MR) is 130 cm³/mol. The van der Waals surface area contributed by atoms with Crippen LogP contribution in [0.4, 0.5) is 5.69 Å². The SMILES string of the molecule is CC1=CC(N[C@@H]2CC[C@@H](CN(C)C)CC2c2cc(Cl)c(O)c(Cl)c2)c2ccccc2N1. The van der Waals surface area contributed by atoms with E-state index >= 15 is 0 Å². The molecule has 0 spiro atoms. The maximum atomic E-state index is 10.1. The molecule has 0 saturated heterocycles. The Bertz CT molecular complexity index is 952. The van der Waals surface area contributed by atoms with Crippen molar-refractivity contribution in [3.63, 3.8) is 0 Å². The molecule has 4 atom stereocenters. The summed E-state index contributed by atoms with van der Waals surface area (Å²) in [6.45, 7) is 3.17. The number of hydrogen-bond acceptors (Lipinski definition) is 4. The lowest BCUT2D eigenvalue weighted by atomic mass is 9.74. The Kier molecular flexibility index (Phi) is 6.83. The molecular formula is C25H31Cl2N3O. The van der Waals surface area contributed by atoms with E-state index in [2.05, 4.69) is 66.9 Å². The summed E-state index contributed by atoms with van der Waals surface area (Å²) in [5.74, 6) is 0.843. The number of hydrogen-bond donors (Lipinski definition) is 3. The molecule has 0 aromatic heterocycles. The number of nitrogens with one attached hydrogen (secondary N) is 2. The van der Waals surface area contributed by atoms with Crippen LogP contribution < -0.4 is 10.6 Å². The van der Waals surface area contributed by atoms with Crippen molar-refractivity contribution in [1.82, 2.24) is 10.2 Å². The highest BCUT2D eigenvalue weighted by Gasteiger charge is 2.34. The molecule has 3 N–H and O–H groups in total. The van der Waals surface area contributed by atoms with E-state index in [0.29, 0.717) is 16.0 Å². The number of rotatable bonds is 5. The lowest BCUT2D eigenvalue weighted by molar-refractivity contribution is 0.207. The maximum absolute atomic E-state index is 10.1. The topological polar surface area (TPSA) is 47.5 Å². The Morgan fingerprint density at radius 1 is 1.13 bits per heavy atom. The summed E-state index contributed by atoms with van der Waals surface area (Å²) in [7, 11) is 4.26. The van der Waals surface area contributed by atoms with Gasteiger partial charge < -0.3 is 20.6 Å². The van der Waals surface area contributed by atoms with E-state index < -0.39 is 0 Å². The van der Waals surface area contributed by atoms with Crippen molar-refractivity contribution < 1.29 is 5.11 Å². The summed E-state index contributed by atoms with van der Waals surface area (Å²) < 4.78 is 0. The van der Waals surface area contributed by atoms with Gasteiger partial charge in [-0.3, -0.25) is 0 Å². The second kappa shape index (κ2) is 9.41. The van der Waals surface area contributed by atoms with Crippen LogP contribution in [-0.4, -0.2) is 36.7 Å². The molecular weight excluding hydrogens is 429 g/mol. The molecule has 1 saturated carbocycles. The third-order valence-corrected chi connectivity index (χ3v) is 7.06. The summed E-state index contributed by atoms with van der Waals surface area (Å²) in [4.78, 5) is 2.27. The van der Waals surface area contributed by atoms with Gasteiger partial charge in [-0.05, 0) is 87.5 Å². The van der Waals surface area contributed by atoms with Gasteiger partial charge in [0.25, 0.3) is 0 Å². The Balaban J connectivity index is 1.64. The maximum Gasteiger partial charge on any atom is 0.152 e. The number of anilines is 1. The molecule has 2 aromatic rings. The Morgan fingerprint density at radius 3 is 2.55 bits per heavy atom. The van der Waals surface area contributed by atoms with E-state index in [0.717, 1.165) is 36.3 Å². The van der Waals surface area contributed by atoms with Gasteiger partial charge in [0.1, 0.15) is 0 Å². The van der Waals surface area contributed by atoms with E-state index in [1.165, 1.54) is 12.0 Å². The minimum Gasteiger partial charge on any atom is -0.505 e. The first-order chi connectivity index (χ1) is 14.8. The van der Waals surface area contributed by atoms with Gasteiger partial charge >= 0.3 is 0 Å². The number of nitrogens with zero attached hydrogens (tertiary/aromatic N) is 1. The molecule has 2 aromatic carbocycles. The first-order valence-corrected chi connectivity index (χ1v) is 11.7. The predicted octanol–water partition coefficient (Wildman–Crippen LogP) is 6.17. The van der Waals surface area contributed by atoms with Crippen LogP contribution in [0.1, 0.15) is 49.3 Å². The van der Waals surface area contributed by atoms with E-state index in [1.807, 2.05) is 12.1 Å². The second-order valence-electron chi connectivity index (χ2n) is 9.19. The van der Waals surface area contributed by atoms with Gasteiger partial charge in [0.15, 0.2) is 5.75 Å². The van der Waals surface area contributed by atoms with E-state index in [9.17, 15) is 5.11 Å². The minimum atomic E-state index is -0.0388. The van der Waals surface area contributed by atoms with Gasteiger partial charge in [-0.15, -0.1) is 0 Å². The third-order valence-electron chi connectivity index (χ3n) is 6.49. The summed E-state index contributed by atoms with van der Waals surface area (Å²) in [6.07, 6.45) is 5.59.